The lowest BCUT2D eigenvalue weighted by atomic mass is 9.88. The van der Waals surface area contributed by atoms with Crippen LogP contribution in [0, 0.1) is 17.8 Å². The van der Waals surface area contributed by atoms with E-state index in [4.69, 9.17) is 74.2 Å². The van der Waals surface area contributed by atoms with E-state index in [9.17, 15) is 122 Å². The normalized spacial score (nSPS) is 42.5. The summed E-state index contributed by atoms with van der Waals surface area (Å²) in [6.07, 6.45) is -52.9. The van der Waals surface area contributed by atoms with Gasteiger partial charge in [0, 0.05) is 26.9 Å². The molecule has 18 unspecified atom stereocenters. The van der Waals surface area contributed by atoms with Crippen LogP contribution in [0.5, 0.6) is 0 Å². The number of aliphatic hydroxyl groups is 12. The molecule has 0 spiro atoms. The van der Waals surface area contributed by atoms with Gasteiger partial charge in [-0.1, -0.05) is 7.43 Å². The predicted molar refractivity (Wildman–Crippen MR) is 270 cm³/mol. The van der Waals surface area contributed by atoms with Gasteiger partial charge in [-0.05, 0) is 13.8 Å². The van der Waals surface area contributed by atoms with Gasteiger partial charge in [0.25, 0.3) is 0 Å². The van der Waals surface area contributed by atoms with Crippen LogP contribution in [0.25, 0.3) is 0 Å². The smallest absolute Gasteiger partial charge is 0.394 e. The van der Waals surface area contributed by atoms with Crippen LogP contribution < -0.4 is 0 Å². The molecule has 0 bridgehead atoms. The van der Waals surface area contributed by atoms with Crippen molar-refractivity contribution in [3.05, 3.63) is 0 Å². The maximum atomic E-state index is 12.1. The van der Waals surface area contributed by atoms with E-state index in [1.807, 2.05) is 0 Å². The van der Waals surface area contributed by atoms with E-state index in [1.165, 1.54) is 13.8 Å². The minimum absolute atomic E-state index is 0. The molecular formula is C40H72F2O43S5. The summed E-state index contributed by atoms with van der Waals surface area (Å²) in [6.45, 7) is -5.52. The van der Waals surface area contributed by atoms with Crippen LogP contribution in [-0.2, 0) is 125 Å². The van der Waals surface area contributed by atoms with Crippen molar-refractivity contribution in [1.82, 2.24) is 0 Å². The van der Waals surface area contributed by atoms with Gasteiger partial charge in [0.15, 0.2) is 31.5 Å². The summed E-state index contributed by atoms with van der Waals surface area (Å²) in [6, 6.07) is 0. The molecule has 534 valence electrons. The molecule has 90 heavy (non-hydrogen) atoms. The zero-order chi connectivity index (χ0) is 67.2. The highest BCUT2D eigenvalue weighted by Crippen LogP contribution is 2.37. The Bertz CT molecular complexity index is 2800. The van der Waals surface area contributed by atoms with Gasteiger partial charge in [-0.3, -0.25) is 22.8 Å². The van der Waals surface area contributed by atoms with Gasteiger partial charge in [0.05, 0.1) is 77.3 Å². The van der Waals surface area contributed by atoms with Crippen LogP contribution in [0.4, 0.5) is 9.15 Å². The number of aliphatic hydroxyl groups excluding tert-OH is 12. The van der Waals surface area contributed by atoms with Crippen molar-refractivity contribution >= 4 is 52.0 Å². The summed E-state index contributed by atoms with van der Waals surface area (Å²) in [5.41, 5.74) is 0. The zero-order valence-corrected chi connectivity index (χ0v) is 49.5. The first-order valence-corrected chi connectivity index (χ1v) is 32.4. The third kappa shape index (κ3) is 21.9. The topological polar surface area (TPSA) is 662 Å². The summed E-state index contributed by atoms with van der Waals surface area (Å²) >= 11 is 0. The van der Waals surface area contributed by atoms with Gasteiger partial charge < -0.3 is 113 Å². The summed E-state index contributed by atoms with van der Waals surface area (Å²) in [5.74, 6) is -4.95. The monoisotopic (exact) mass is 1440 g/mol. The Morgan fingerprint density at radius 3 is 1.11 bits per heavy atom. The fourth-order valence-corrected chi connectivity index (χ4v) is 12.7. The van der Waals surface area contributed by atoms with Crippen molar-refractivity contribution in [1.29, 1.82) is 0 Å². The number of hydrogen-bond acceptors (Lipinski definition) is 38. The lowest BCUT2D eigenvalue weighted by molar-refractivity contribution is -0.333. The molecule has 6 rings (SSSR count). The maximum absolute atomic E-state index is 12.1. The molecule has 0 aromatic heterocycles. The van der Waals surface area contributed by atoms with E-state index in [1.54, 1.807) is 0 Å². The Kier molecular flexibility index (Phi) is 30.0. The zero-order valence-electron chi connectivity index (χ0n) is 45.4. The van der Waals surface area contributed by atoms with E-state index in [2.05, 4.69) is 12.5 Å². The van der Waals surface area contributed by atoms with Crippen molar-refractivity contribution in [2.24, 2.45) is 17.8 Å². The minimum Gasteiger partial charge on any atom is -0.394 e. The molecule has 6 aliphatic rings. The van der Waals surface area contributed by atoms with Gasteiger partial charge in [-0.15, -0.1) is 0 Å². The van der Waals surface area contributed by atoms with Crippen LogP contribution in [0.1, 0.15) is 21.3 Å². The third-order valence-corrected chi connectivity index (χ3v) is 16.7. The Hall–Kier alpha value is -1.71. The number of halogens is 2. The number of ether oxygens (including phenoxy) is 11. The summed E-state index contributed by atoms with van der Waals surface area (Å²) < 4.78 is 265. The molecule has 0 radical (unpaired) electrons. The fourth-order valence-electron chi connectivity index (χ4n) is 10.1. The molecule has 17 N–H and O–H groups in total. The molecule has 43 nitrogen and oxygen atoms in total. The second kappa shape index (κ2) is 33.5. The predicted octanol–water partition coefficient (Wildman–Crippen LogP) is -10.0. The molecule has 0 aliphatic carbocycles. The van der Waals surface area contributed by atoms with Crippen molar-refractivity contribution in [2.45, 2.75) is 181 Å². The number of hydrogen-bond donors (Lipinski definition) is 17. The third-order valence-electron chi connectivity index (χ3n) is 14.4. The molecule has 0 aromatic rings. The molecule has 0 aromatic carbocycles. The molecule has 6 saturated heterocycles. The summed E-state index contributed by atoms with van der Waals surface area (Å²) in [4.78, 5) is 0. The van der Waals surface area contributed by atoms with E-state index in [0.717, 1.165) is 0 Å². The molecule has 6 aliphatic heterocycles. The molecule has 0 amide bonds. The molecule has 0 saturated carbocycles. The van der Waals surface area contributed by atoms with Crippen LogP contribution in [0.2, 0.25) is 0 Å². The van der Waals surface area contributed by atoms with Crippen molar-refractivity contribution in [2.75, 3.05) is 52.9 Å². The first kappa shape index (κ1) is 80.7. The average Bonchev–Trinajstić information content (AvgIpc) is 0.864. The Morgan fingerprint density at radius 2 is 0.667 bits per heavy atom. The lowest BCUT2D eigenvalue weighted by Crippen LogP contribution is -2.63. The second-order valence-corrected chi connectivity index (χ2v) is 25.6. The van der Waals surface area contributed by atoms with E-state index in [0.29, 0.717) is 0 Å². The van der Waals surface area contributed by atoms with Crippen LogP contribution in [-0.4, -0.2) is 339 Å². The van der Waals surface area contributed by atoms with E-state index < -0.39 is 282 Å². The Labute approximate surface area is 510 Å². The summed E-state index contributed by atoms with van der Waals surface area (Å²) in [7, 11) is -27.3. The first-order valence-electron chi connectivity index (χ1n) is 25.5. The SMILES string of the molecule is C.CC1O[C@@H](OC[C@@H]2C(C)O[C@@H](OCC3C(O)[C@H](OC[C@H]4C(CO[C@@H]5OC(CO[C@@H]6OC(CO)[C@H](O)C(OS(=O)(=O)O)C6O)[C@H](O)C(OS(=O)(=O)O)C5O)OCC(O)C4OS(=O)(=O)O)OC(CO)[C@@H]3O)C(O)C2OS(=O)(=O)O)C(O)C(OS(=O)(=O)O)[C@@H]1O.FF. The van der Waals surface area contributed by atoms with Gasteiger partial charge in [0.1, 0.15) is 104 Å². The maximum Gasteiger partial charge on any atom is 0.397 e. The summed E-state index contributed by atoms with van der Waals surface area (Å²) in [5, 5.41) is 129. The molecular weight excluding hydrogens is 1370 g/mol. The van der Waals surface area contributed by atoms with Crippen LogP contribution in [0.15, 0.2) is 0 Å². The van der Waals surface area contributed by atoms with Crippen LogP contribution in [0.3, 0.4) is 0 Å². The average molecular weight is 1440 g/mol. The van der Waals surface area contributed by atoms with Crippen molar-refractivity contribution in [3.63, 3.8) is 0 Å². The Morgan fingerprint density at radius 1 is 0.356 bits per heavy atom. The highest BCUT2D eigenvalue weighted by atomic mass is 32.3. The quantitative estimate of drug-likeness (QED) is 0.0340. The van der Waals surface area contributed by atoms with Crippen molar-refractivity contribution < 1.29 is 208 Å². The number of rotatable bonds is 27. The van der Waals surface area contributed by atoms with Gasteiger partial charge in [-0.2, -0.15) is 42.1 Å². The molecule has 6 heterocycles. The van der Waals surface area contributed by atoms with Gasteiger partial charge in [-0.25, -0.2) is 20.9 Å². The standard InChI is InChI=1S/C39H68O43S5.CH4.F2/c1-11-13(5-68-37-27(49)32(80-85(58,59)60)21(43)12(2)74-37)31(79-84(55,56)57)26(48)36(73-11)70-7-15-22(44)17(3-40)75-35(23(15)45)69-6-14-19(67-8-16(42)30(14)78-83(52,53)54)9-71-39-29(51)34(82-87(64,65)66)25(47)20(77-39)10-72-38-28(50)33(81-86(61,62)63)24(46)18(4-41)76-38;;1-2/h11-51H,3-10H2,1-2H3,(H,52,53,54)(H,55,56,57)(H,58,59,60)(H,61,62,63)(H,64,65,66);1H4;/t11?,12?,13-,14+,15?,16?,17?,18?,19?,20?,21-,22-,23?,24+,25+,26?,27?,28?,29?,30?,31?,32?,33?,34?,35-,36-,37-,38-,39-;;/m1../s1. The minimum atomic E-state index is -5.59. The first-order chi connectivity index (χ1) is 41.1. The molecule has 29 atom stereocenters. The molecule has 6 fully saturated rings. The van der Waals surface area contributed by atoms with Gasteiger partial charge >= 0.3 is 52.0 Å². The van der Waals surface area contributed by atoms with Gasteiger partial charge in [0.2, 0.25) is 0 Å². The largest absolute Gasteiger partial charge is 0.397 e. The molecule has 50 heteroatoms. The second-order valence-electron chi connectivity index (χ2n) is 20.4. The van der Waals surface area contributed by atoms with E-state index in [-0.39, 0.29) is 7.43 Å². The highest BCUT2D eigenvalue weighted by Gasteiger charge is 2.55. The fraction of sp³-hybridized carbons (Fsp3) is 1.00. The van der Waals surface area contributed by atoms with E-state index >= 15 is 0 Å². The van der Waals surface area contributed by atoms with Crippen LogP contribution >= 0.6 is 0 Å². The van der Waals surface area contributed by atoms with Crippen molar-refractivity contribution in [3.8, 4) is 0 Å². The highest BCUT2D eigenvalue weighted by molar-refractivity contribution is 7.81. The Balaban J connectivity index is 0.00000571. The lowest BCUT2D eigenvalue weighted by Gasteiger charge is -2.46.